The van der Waals surface area contributed by atoms with Crippen LogP contribution in [0.2, 0.25) is 5.02 Å². The molecule has 0 saturated heterocycles. The van der Waals surface area contributed by atoms with Gasteiger partial charge in [0.15, 0.2) is 6.61 Å². The third kappa shape index (κ3) is 5.94. The number of carbonyl (C=O) groups is 2. The van der Waals surface area contributed by atoms with Crippen LogP contribution < -0.4 is 0 Å². The molecule has 0 spiro atoms. The van der Waals surface area contributed by atoms with Gasteiger partial charge in [0.2, 0.25) is 0 Å². The first-order chi connectivity index (χ1) is 14.0. The number of ether oxygens (including phenoxy) is 1. The maximum atomic E-state index is 12.8. The van der Waals surface area contributed by atoms with Crippen molar-refractivity contribution < 1.29 is 14.3 Å². The van der Waals surface area contributed by atoms with Crippen LogP contribution in [0.15, 0.2) is 54.6 Å². The van der Waals surface area contributed by atoms with Gasteiger partial charge in [-0.25, -0.2) is 4.79 Å². The number of hydrogen-bond donors (Lipinski definition) is 0. The minimum Gasteiger partial charge on any atom is -0.452 e. The lowest BCUT2D eigenvalue weighted by atomic mass is 9.94. The summed E-state index contributed by atoms with van der Waals surface area (Å²) in [5, 5.41) is 0.588. The maximum Gasteiger partial charge on any atom is 0.339 e. The molecule has 0 atom stereocenters. The minimum absolute atomic E-state index is 0.166. The van der Waals surface area contributed by atoms with E-state index in [4.69, 9.17) is 16.3 Å². The van der Waals surface area contributed by atoms with Gasteiger partial charge < -0.3 is 9.64 Å². The van der Waals surface area contributed by atoms with Crippen LogP contribution in [-0.4, -0.2) is 36.5 Å². The molecule has 0 aromatic heterocycles. The summed E-state index contributed by atoms with van der Waals surface area (Å²) in [4.78, 5) is 27.1. The van der Waals surface area contributed by atoms with Gasteiger partial charge in [-0.05, 0) is 42.2 Å². The molecule has 0 radical (unpaired) electrons. The molecular formula is C24H26ClNO3. The van der Waals surface area contributed by atoms with E-state index < -0.39 is 5.97 Å². The lowest BCUT2D eigenvalue weighted by molar-refractivity contribution is -0.148. The molecule has 5 heteroatoms. The Bertz CT molecular complexity index is 855. The van der Waals surface area contributed by atoms with Crippen LogP contribution in [0.25, 0.3) is 11.6 Å². The second-order valence-electron chi connectivity index (χ2n) is 7.35. The number of rotatable bonds is 6. The van der Waals surface area contributed by atoms with Crippen molar-refractivity contribution in [1.29, 1.82) is 0 Å². The molecule has 1 saturated carbocycles. The highest BCUT2D eigenvalue weighted by Crippen LogP contribution is 2.23. The fourth-order valence-electron chi connectivity index (χ4n) is 3.58. The Labute approximate surface area is 177 Å². The van der Waals surface area contributed by atoms with Gasteiger partial charge in [-0.15, -0.1) is 0 Å². The number of esters is 1. The minimum atomic E-state index is -0.526. The Morgan fingerprint density at radius 3 is 2.34 bits per heavy atom. The summed E-state index contributed by atoms with van der Waals surface area (Å²) in [7, 11) is 1.80. The predicted molar refractivity (Wildman–Crippen MR) is 116 cm³/mol. The third-order valence-corrected chi connectivity index (χ3v) is 5.58. The second kappa shape index (κ2) is 10.3. The van der Waals surface area contributed by atoms with E-state index in [1.165, 1.54) is 6.42 Å². The number of halogens is 1. The van der Waals surface area contributed by atoms with Gasteiger partial charge in [-0.2, -0.15) is 0 Å². The summed E-state index contributed by atoms with van der Waals surface area (Å²) < 4.78 is 5.40. The van der Waals surface area contributed by atoms with Crippen LogP contribution in [0.1, 0.15) is 43.2 Å². The average Bonchev–Trinajstić information content (AvgIpc) is 2.77. The number of hydrogen-bond acceptors (Lipinski definition) is 3. The molecule has 0 bridgehead atoms. The molecule has 3 rings (SSSR count). The van der Waals surface area contributed by atoms with Crippen LogP contribution in [0.3, 0.4) is 0 Å². The van der Waals surface area contributed by atoms with Crippen molar-refractivity contribution in [3.63, 3.8) is 0 Å². The highest BCUT2D eigenvalue weighted by Gasteiger charge is 2.23. The molecule has 152 valence electrons. The van der Waals surface area contributed by atoms with E-state index in [0.717, 1.165) is 31.2 Å². The first kappa shape index (κ1) is 21.1. The summed E-state index contributed by atoms with van der Waals surface area (Å²) >= 11 is 5.98. The summed E-state index contributed by atoms with van der Waals surface area (Å²) in [5.74, 6) is -0.693. The highest BCUT2D eigenvalue weighted by molar-refractivity contribution is 6.30. The molecule has 1 fully saturated rings. The first-order valence-electron chi connectivity index (χ1n) is 10.00. The lowest BCUT2D eigenvalue weighted by Gasteiger charge is -2.31. The molecule has 2 aromatic carbocycles. The molecule has 4 nitrogen and oxygen atoms in total. The summed E-state index contributed by atoms with van der Waals surface area (Å²) in [6.45, 7) is -0.258. The molecule has 0 heterocycles. The van der Waals surface area contributed by atoms with E-state index in [-0.39, 0.29) is 18.6 Å². The smallest absolute Gasteiger partial charge is 0.339 e. The van der Waals surface area contributed by atoms with Crippen molar-refractivity contribution in [2.24, 2.45) is 0 Å². The SMILES string of the molecule is CN(C(=O)COC(=O)/C(=C/c1ccccc1)c1ccc(Cl)cc1)C1CCCCC1. The maximum absolute atomic E-state index is 12.8. The van der Waals surface area contributed by atoms with Crippen LogP contribution in [-0.2, 0) is 14.3 Å². The molecule has 0 aliphatic heterocycles. The Morgan fingerprint density at radius 2 is 1.69 bits per heavy atom. The normalized spacial score (nSPS) is 15.0. The van der Waals surface area contributed by atoms with E-state index in [1.54, 1.807) is 42.3 Å². The van der Waals surface area contributed by atoms with Crippen LogP contribution >= 0.6 is 11.6 Å². The number of nitrogens with zero attached hydrogens (tertiary/aromatic N) is 1. The van der Waals surface area contributed by atoms with E-state index in [2.05, 4.69) is 0 Å². The van der Waals surface area contributed by atoms with Gasteiger partial charge in [0.25, 0.3) is 5.91 Å². The molecule has 1 aliphatic rings. The van der Waals surface area contributed by atoms with Crippen molar-refractivity contribution in [2.75, 3.05) is 13.7 Å². The van der Waals surface area contributed by atoms with Crippen molar-refractivity contribution in [1.82, 2.24) is 4.90 Å². The second-order valence-corrected chi connectivity index (χ2v) is 7.78. The summed E-state index contributed by atoms with van der Waals surface area (Å²) in [5.41, 5.74) is 1.96. The Hall–Kier alpha value is -2.59. The van der Waals surface area contributed by atoms with Crippen LogP contribution in [0.4, 0.5) is 0 Å². The molecule has 2 aromatic rings. The van der Waals surface area contributed by atoms with Crippen molar-refractivity contribution >= 4 is 35.1 Å². The zero-order valence-electron chi connectivity index (χ0n) is 16.6. The van der Waals surface area contributed by atoms with Crippen LogP contribution in [0.5, 0.6) is 0 Å². The molecule has 1 aliphatic carbocycles. The Kier molecular flexibility index (Phi) is 7.48. The van der Waals surface area contributed by atoms with Crippen molar-refractivity contribution in [2.45, 2.75) is 38.1 Å². The van der Waals surface area contributed by atoms with Crippen LogP contribution in [0, 0.1) is 0 Å². The molecule has 29 heavy (non-hydrogen) atoms. The molecular weight excluding hydrogens is 386 g/mol. The first-order valence-corrected chi connectivity index (χ1v) is 10.4. The van der Waals surface area contributed by atoms with Gasteiger partial charge in [-0.1, -0.05) is 73.3 Å². The monoisotopic (exact) mass is 411 g/mol. The van der Waals surface area contributed by atoms with Crippen molar-refractivity contribution in [3.8, 4) is 0 Å². The number of carbonyl (C=O) groups excluding carboxylic acids is 2. The largest absolute Gasteiger partial charge is 0.452 e. The highest BCUT2D eigenvalue weighted by atomic mass is 35.5. The average molecular weight is 412 g/mol. The Morgan fingerprint density at radius 1 is 1.03 bits per heavy atom. The quantitative estimate of drug-likeness (QED) is 0.372. The van der Waals surface area contributed by atoms with Gasteiger partial charge in [0.05, 0.1) is 5.57 Å². The van der Waals surface area contributed by atoms with Crippen molar-refractivity contribution in [3.05, 3.63) is 70.7 Å². The van der Waals surface area contributed by atoms with E-state index >= 15 is 0 Å². The summed E-state index contributed by atoms with van der Waals surface area (Å²) in [6, 6.07) is 16.8. The zero-order valence-corrected chi connectivity index (χ0v) is 17.4. The standard InChI is InChI=1S/C24H26ClNO3/c1-26(21-10-6-3-7-11-21)23(27)17-29-24(28)22(16-18-8-4-2-5-9-18)19-12-14-20(25)15-13-19/h2,4-5,8-9,12-16,21H,3,6-7,10-11,17H2,1H3/b22-16+. The fourth-order valence-corrected chi connectivity index (χ4v) is 3.71. The summed E-state index contributed by atoms with van der Waals surface area (Å²) in [6.07, 6.45) is 7.30. The van der Waals surface area contributed by atoms with E-state index in [9.17, 15) is 9.59 Å². The fraction of sp³-hybridized carbons (Fsp3) is 0.333. The van der Waals surface area contributed by atoms with E-state index in [1.807, 2.05) is 30.3 Å². The van der Waals surface area contributed by atoms with Gasteiger partial charge >= 0.3 is 5.97 Å². The Balaban J connectivity index is 1.72. The van der Waals surface area contributed by atoms with Gasteiger partial charge in [0.1, 0.15) is 0 Å². The predicted octanol–water partition coefficient (Wildman–Crippen LogP) is 5.21. The van der Waals surface area contributed by atoms with Gasteiger partial charge in [-0.3, -0.25) is 4.79 Å². The molecule has 1 amide bonds. The van der Waals surface area contributed by atoms with Gasteiger partial charge in [0, 0.05) is 18.1 Å². The molecule has 0 unspecified atom stereocenters. The topological polar surface area (TPSA) is 46.6 Å². The number of likely N-dealkylation sites (N-methyl/N-ethyl adjacent to an activating group) is 1. The third-order valence-electron chi connectivity index (χ3n) is 5.33. The molecule has 0 N–H and O–H groups in total. The zero-order chi connectivity index (χ0) is 20.6. The number of benzene rings is 2. The lowest BCUT2D eigenvalue weighted by Crippen LogP contribution is -2.40. The number of amides is 1. The van der Waals surface area contributed by atoms with E-state index in [0.29, 0.717) is 16.2 Å².